The second kappa shape index (κ2) is 4.56. The molecule has 0 atom stereocenters. The zero-order valence-corrected chi connectivity index (χ0v) is 10.5. The number of hydrogen-bond donors (Lipinski definition) is 0. The van der Waals surface area contributed by atoms with Gasteiger partial charge >= 0.3 is 46.4 Å². The first-order valence-corrected chi connectivity index (χ1v) is 18.4. The summed E-state index contributed by atoms with van der Waals surface area (Å²) in [6.07, 6.45) is 0. The second-order valence-corrected chi connectivity index (χ2v) is 26.8. The molecular formula is C4H12BF4Pb-. The molecule has 6 heteroatoms. The van der Waals surface area contributed by atoms with Gasteiger partial charge in [0.2, 0.25) is 0 Å². The second-order valence-electron chi connectivity index (χ2n) is 3.49. The molecule has 64 valence electrons. The topological polar surface area (TPSA) is 0 Å². The van der Waals surface area contributed by atoms with Crippen LogP contribution in [-0.2, 0) is 0 Å². The molecule has 0 rings (SSSR count). The fourth-order valence-electron chi connectivity index (χ4n) is 0. The molecule has 0 radical (unpaired) electrons. The molecule has 0 fully saturated rings. The summed E-state index contributed by atoms with van der Waals surface area (Å²) in [6.45, 7) is 0. The van der Waals surface area contributed by atoms with Gasteiger partial charge in [-0.15, -0.1) is 0 Å². The predicted octanol–water partition coefficient (Wildman–Crippen LogP) is 3.25. The fraction of sp³-hybridized carbons (Fsp3) is 1.00. The molecule has 0 aliphatic heterocycles. The van der Waals surface area contributed by atoms with Crippen molar-refractivity contribution in [2.75, 3.05) is 0 Å². The van der Waals surface area contributed by atoms with Crippen molar-refractivity contribution in [3.8, 4) is 0 Å². The molecule has 0 heterocycles. The molecule has 0 spiro atoms. The molecule has 0 aliphatic carbocycles. The van der Waals surface area contributed by atoms with Crippen molar-refractivity contribution in [2.24, 2.45) is 0 Å². The zero-order valence-electron chi connectivity index (χ0n) is 6.59. The molecule has 0 N–H and O–H groups in total. The Labute approximate surface area is 63.8 Å². The molecule has 0 amide bonds. The van der Waals surface area contributed by atoms with E-state index in [-0.39, 0.29) is 0 Å². The maximum atomic E-state index is 9.75. The van der Waals surface area contributed by atoms with E-state index < -0.39 is 28.4 Å². The summed E-state index contributed by atoms with van der Waals surface area (Å²) in [5.74, 6) is 0. The van der Waals surface area contributed by atoms with E-state index in [2.05, 4.69) is 17.9 Å². The zero-order chi connectivity index (χ0) is 9.00. The predicted molar refractivity (Wildman–Crippen MR) is 39.4 cm³/mol. The van der Waals surface area contributed by atoms with Crippen LogP contribution in [0.25, 0.3) is 0 Å². The van der Waals surface area contributed by atoms with E-state index in [9.17, 15) is 17.3 Å². The first-order valence-electron chi connectivity index (χ1n) is 2.87. The summed E-state index contributed by atoms with van der Waals surface area (Å²) < 4.78 is 48.6. The minimum atomic E-state index is -6.00. The van der Waals surface area contributed by atoms with Crippen molar-refractivity contribution < 1.29 is 17.3 Å². The van der Waals surface area contributed by atoms with Crippen molar-refractivity contribution >= 4 is 28.4 Å². The SMILES string of the molecule is F[B-](F)(F)F.[CH3][Pb]([CH3])([CH3])[CH3]. The van der Waals surface area contributed by atoms with Crippen LogP contribution in [0, 0.1) is 0 Å². The summed E-state index contributed by atoms with van der Waals surface area (Å²) in [5, 5.41) is 0. The molecule has 0 aromatic carbocycles. The number of hydrogen-bond acceptors (Lipinski definition) is 0. The van der Waals surface area contributed by atoms with Gasteiger partial charge in [-0.3, -0.25) is 0 Å². The van der Waals surface area contributed by atoms with Crippen LogP contribution in [0.4, 0.5) is 17.3 Å². The molecule has 0 saturated carbocycles. The standard InChI is InChI=1S/4CH3.BF4.Pb/c;;;;2-1(3,4)5;/h4*1H3;;/q;;;;-1;. The van der Waals surface area contributed by atoms with Gasteiger partial charge in [0, 0.05) is 0 Å². The molecule has 10 heavy (non-hydrogen) atoms. The molecule has 0 nitrogen and oxygen atoms in total. The van der Waals surface area contributed by atoms with Crippen LogP contribution in [0.3, 0.4) is 0 Å². The first-order chi connectivity index (χ1) is 4.00. The summed E-state index contributed by atoms with van der Waals surface area (Å²) in [7, 11) is -6.00. The quantitative estimate of drug-likeness (QED) is 0.463. The summed E-state index contributed by atoms with van der Waals surface area (Å²) in [4.78, 5) is 0. The number of halogens is 4. The fourth-order valence-corrected chi connectivity index (χ4v) is 0. The third-order valence-electron chi connectivity index (χ3n) is 0. The van der Waals surface area contributed by atoms with Gasteiger partial charge in [0.15, 0.2) is 0 Å². The minimum absolute atomic E-state index is 1.28. The van der Waals surface area contributed by atoms with E-state index in [4.69, 9.17) is 0 Å². The molecule has 0 bridgehead atoms. The van der Waals surface area contributed by atoms with Gasteiger partial charge in [-0.1, -0.05) is 0 Å². The molecule has 0 aromatic rings. The Morgan fingerprint density at radius 1 is 0.800 bits per heavy atom. The van der Waals surface area contributed by atoms with Crippen LogP contribution in [0.15, 0.2) is 0 Å². The van der Waals surface area contributed by atoms with Crippen molar-refractivity contribution in [1.82, 2.24) is 0 Å². The van der Waals surface area contributed by atoms with Crippen molar-refractivity contribution in [3.05, 3.63) is 0 Å². The van der Waals surface area contributed by atoms with Gasteiger partial charge in [-0.05, 0) is 0 Å². The third-order valence-corrected chi connectivity index (χ3v) is 0. The average Bonchev–Trinajstić information content (AvgIpc) is 1.12. The first kappa shape index (κ1) is 13.3. The normalized spacial score (nSPS) is 12.0. The third kappa shape index (κ3) is 1030. The summed E-state index contributed by atoms with van der Waals surface area (Å²) in [5.41, 5.74) is 0. The molecular weight excluding hydrogens is 342 g/mol. The molecule has 0 saturated heterocycles. The molecule has 0 aliphatic rings. The van der Waals surface area contributed by atoms with Gasteiger partial charge in [0.25, 0.3) is 0 Å². The van der Waals surface area contributed by atoms with E-state index in [1.54, 1.807) is 0 Å². The van der Waals surface area contributed by atoms with Crippen LogP contribution >= 0.6 is 0 Å². The van der Waals surface area contributed by atoms with Crippen LogP contribution in [-0.4, -0.2) is 28.4 Å². The van der Waals surface area contributed by atoms with Crippen LogP contribution in [0.5, 0.6) is 0 Å². The van der Waals surface area contributed by atoms with Crippen LogP contribution in [0.2, 0.25) is 17.9 Å². The van der Waals surface area contributed by atoms with Gasteiger partial charge in [-0.2, -0.15) is 0 Å². The van der Waals surface area contributed by atoms with E-state index >= 15 is 0 Å². The Morgan fingerprint density at radius 3 is 0.800 bits per heavy atom. The summed E-state index contributed by atoms with van der Waals surface area (Å²) >= 11 is -1.28. The Morgan fingerprint density at radius 2 is 0.800 bits per heavy atom. The van der Waals surface area contributed by atoms with E-state index in [0.29, 0.717) is 0 Å². The Bertz CT molecular complexity index is 60.2. The van der Waals surface area contributed by atoms with Gasteiger partial charge in [0.05, 0.1) is 0 Å². The van der Waals surface area contributed by atoms with Crippen molar-refractivity contribution in [1.29, 1.82) is 0 Å². The van der Waals surface area contributed by atoms with E-state index in [0.717, 1.165) is 0 Å². The molecule has 0 unspecified atom stereocenters. The molecule has 0 aromatic heterocycles. The van der Waals surface area contributed by atoms with Crippen molar-refractivity contribution in [2.45, 2.75) is 17.9 Å². The average molecular weight is 354 g/mol. The number of rotatable bonds is 0. The van der Waals surface area contributed by atoms with E-state index in [1.807, 2.05) is 0 Å². The Balaban J connectivity index is 0. The Hall–Kier alpha value is 0.707. The van der Waals surface area contributed by atoms with E-state index in [1.165, 1.54) is 0 Å². The van der Waals surface area contributed by atoms with Crippen LogP contribution in [0.1, 0.15) is 0 Å². The van der Waals surface area contributed by atoms with Gasteiger partial charge in [-0.25, -0.2) is 0 Å². The van der Waals surface area contributed by atoms with Crippen LogP contribution < -0.4 is 0 Å². The maximum absolute atomic E-state index is 9.75. The summed E-state index contributed by atoms with van der Waals surface area (Å²) in [6, 6.07) is 0. The Kier molecular flexibility index (Phi) is 6.07. The van der Waals surface area contributed by atoms with Gasteiger partial charge < -0.3 is 17.3 Å². The monoisotopic (exact) mass is 355 g/mol. The van der Waals surface area contributed by atoms with Crippen molar-refractivity contribution in [3.63, 3.8) is 0 Å². The van der Waals surface area contributed by atoms with Gasteiger partial charge in [0.1, 0.15) is 0 Å².